The molecule has 0 aliphatic carbocycles. The topological polar surface area (TPSA) is 12.4 Å². The molecule has 0 fully saturated rings. The van der Waals surface area contributed by atoms with Gasteiger partial charge in [0, 0.05) is 0 Å². The molecule has 0 aliphatic heterocycles. The molecule has 0 bridgehead atoms. The third kappa shape index (κ3) is 3.71. The zero-order valence-corrected chi connectivity index (χ0v) is 11.1. The summed E-state index contributed by atoms with van der Waals surface area (Å²) >= 11 is 5.94. The van der Waals surface area contributed by atoms with Gasteiger partial charge in [-0.2, -0.15) is 0 Å². The van der Waals surface area contributed by atoms with Crippen molar-refractivity contribution in [2.45, 2.75) is 19.4 Å². The van der Waals surface area contributed by atoms with Crippen LogP contribution in [0.5, 0.6) is 0 Å². The molecule has 0 saturated carbocycles. The fraction of sp³-hybridized carbons (Fsp3) is 0.188. The molecule has 0 radical (unpaired) electrons. The van der Waals surface area contributed by atoms with Gasteiger partial charge in [0.25, 0.3) is 0 Å². The maximum Gasteiger partial charge on any atom is 0.0979 e. The van der Waals surface area contributed by atoms with Crippen molar-refractivity contribution in [2.24, 2.45) is 4.99 Å². The fourth-order valence-electron chi connectivity index (χ4n) is 1.97. The van der Waals surface area contributed by atoms with Gasteiger partial charge in [0.05, 0.1) is 11.2 Å². The van der Waals surface area contributed by atoms with Crippen molar-refractivity contribution >= 4 is 16.8 Å². The minimum atomic E-state index is 0.0890. The summed E-state index contributed by atoms with van der Waals surface area (Å²) in [7, 11) is 0. The lowest BCUT2D eigenvalue weighted by Gasteiger charge is -2.13. The molecule has 1 atom stereocenters. The number of rotatable bonds is 4. The van der Waals surface area contributed by atoms with E-state index in [1.54, 1.807) is 0 Å². The lowest BCUT2D eigenvalue weighted by molar-refractivity contribution is 0.726. The second-order valence-electron chi connectivity index (χ2n) is 4.24. The van der Waals surface area contributed by atoms with Gasteiger partial charge in [-0.15, -0.1) is 0 Å². The van der Waals surface area contributed by atoms with Gasteiger partial charge in [0.1, 0.15) is 0 Å². The quantitative estimate of drug-likeness (QED) is 0.709. The minimum Gasteiger partial charge on any atom is -0.269 e. The molecule has 0 aliphatic rings. The van der Waals surface area contributed by atoms with E-state index < -0.39 is 0 Å². The third-order valence-electron chi connectivity index (χ3n) is 2.79. The van der Waals surface area contributed by atoms with Crippen LogP contribution in [0.4, 0.5) is 0 Å². The van der Waals surface area contributed by atoms with Crippen LogP contribution in [-0.2, 0) is 6.42 Å². The van der Waals surface area contributed by atoms with Crippen LogP contribution in [0, 0.1) is 0 Å². The average Bonchev–Trinajstić information content (AvgIpc) is 2.40. The molecule has 18 heavy (non-hydrogen) atoms. The molecule has 0 N–H and O–H groups in total. The largest absolute Gasteiger partial charge is 0.269 e. The summed E-state index contributed by atoms with van der Waals surface area (Å²) in [5, 5.41) is 0.597. The maximum atomic E-state index is 5.94. The molecule has 1 nitrogen and oxygen atoms in total. The number of benzene rings is 2. The summed E-state index contributed by atoms with van der Waals surface area (Å²) < 4.78 is 0. The van der Waals surface area contributed by atoms with Crippen LogP contribution in [0.1, 0.15) is 24.1 Å². The molecule has 2 rings (SSSR count). The van der Waals surface area contributed by atoms with Gasteiger partial charge in [0.15, 0.2) is 0 Å². The molecule has 0 saturated heterocycles. The van der Waals surface area contributed by atoms with Crippen molar-refractivity contribution in [1.82, 2.24) is 0 Å². The Hall–Kier alpha value is -1.60. The van der Waals surface area contributed by atoms with Crippen LogP contribution in [-0.4, -0.2) is 5.17 Å². The number of nitrogens with zero attached hydrogens (tertiary/aromatic N) is 1. The van der Waals surface area contributed by atoms with Gasteiger partial charge >= 0.3 is 0 Å². The highest BCUT2D eigenvalue weighted by Gasteiger charge is 2.10. The second-order valence-corrected chi connectivity index (χ2v) is 4.79. The second kappa shape index (κ2) is 6.36. The van der Waals surface area contributed by atoms with Gasteiger partial charge in [0.2, 0.25) is 0 Å². The summed E-state index contributed by atoms with van der Waals surface area (Å²) in [6.45, 7) is 1.82. The average molecular weight is 258 g/mol. The van der Waals surface area contributed by atoms with Gasteiger partial charge in [-0.1, -0.05) is 72.3 Å². The smallest absolute Gasteiger partial charge is 0.0979 e. The zero-order chi connectivity index (χ0) is 12.8. The Labute approximate surface area is 113 Å². The summed E-state index contributed by atoms with van der Waals surface area (Å²) in [5.41, 5.74) is 2.47. The van der Waals surface area contributed by atoms with Crippen molar-refractivity contribution in [3.63, 3.8) is 0 Å². The van der Waals surface area contributed by atoms with E-state index in [0.29, 0.717) is 5.17 Å². The predicted molar refractivity (Wildman–Crippen MR) is 78.3 cm³/mol. The first-order chi connectivity index (χ1) is 8.75. The number of aliphatic imine (C=N–C) groups is 1. The van der Waals surface area contributed by atoms with Crippen LogP contribution >= 0.6 is 11.6 Å². The predicted octanol–water partition coefficient (Wildman–Crippen LogP) is 4.63. The zero-order valence-electron chi connectivity index (χ0n) is 10.4. The number of hydrogen-bond acceptors (Lipinski definition) is 1. The third-order valence-corrected chi connectivity index (χ3v) is 2.89. The highest BCUT2D eigenvalue weighted by Crippen LogP contribution is 2.22. The first-order valence-corrected chi connectivity index (χ1v) is 6.42. The lowest BCUT2D eigenvalue weighted by Crippen LogP contribution is -2.01. The molecule has 1 unspecified atom stereocenters. The van der Waals surface area contributed by atoms with Crippen molar-refractivity contribution in [3.05, 3.63) is 71.8 Å². The van der Waals surface area contributed by atoms with E-state index in [2.05, 4.69) is 41.4 Å². The van der Waals surface area contributed by atoms with Crippen molar-refractivity contribution in [3.8, 4) is 0 Å². The van der Waals surface area contributed by atoms with E-state index in [1.807, 2.05) is 31.2 Å². The minimum absolute atomic E-state index is 0.0890. The first kappa shape index (κ1) is 12.8. The van der Waals surface area contributed by atoms with Crippen LogP contribution in [0.15, 0.2) is 65.7 Å². The number of hydrogen-bond donors (Lipinski definition) is 0. The Morgan fingerprint density at radius 2 is 1.56 bits per heavy atom. The summed E-state index contributed by atoms with van der Waals surface area (Å²) in [5.74, 6) is 0. The SMILES string of the molecule is CC(Cl)=NC(Cc1ccccc1)c1ccccc1. The van der Waals surface area contributed by atoms with Crippen LogP contribution in [0.3, 0.4) is 0 Å². The van der Waals surface area contributed by atoms with Crippen molar-refractivity contribution in [1.29, 1.82) is 0 Å². The molecule has 0 spiro atoms. The molecule has 2 aromatic carbocycles. The summed E-state index contributed by atoms with van der Waals surface area (Å²) in [6, 6.07) is 20.7. The molecule has 0 amide bonds. The van der Waals surface area contributed by atoms with E-state index in [-0.39, 0.29) is 6.04 Å². The lowest BCUT2D eigenvalue weighted by atomic mass is 9.99. The molecular formula is C16H16ClN. The molecule has 92 valence electrons. The monoisotopic (exact) mass is 257 g/mol. The number of halogens is 1. The first-order valence-electron chi connectivity index (χ1n) is 6.04. The highest BCUT2D eigenvalue weighted by atomic mass is 35.5. The fourth-order valence-corrected chi connectivity index (χ4v) is 2.08. The van der Waals surface area contributed by atoms with E-state index in [4.69, 9.17) is 11.6 Å². The Morgan fingerprint density at radius 3 is 2.11 bits per heavy atom. The van der Waals surface area contributed by atoms with E-state index in [1.165, 1.54) is 11.1 Å². The van der Waals surface area contributed by atoms with Gasteiger partial charge < -0.3 is 0 Å². The van der Waals surface area contributed by atoms with Crippen LogP contribution < -0.4 is 0 Å². The Balaban J connectivity index is 2.24. The normalized spacial score (nSPS) is 13.3. The van der Waals surface area contributed by atoms with Gasteiger partial charge in [-0.25, -0.2) is 0 Å². The van der Waals surface area contributed by atoms with Crippen molar-refractivity contribution < 1.29 is 0 Å². The highest BCUT2D eigenvalue weighted by molar-refractivity contribution is 6.64. The van der Waals surface area contributed by atoms with Gasteiger partial charge in [-0.3, -0.25) is 4.99 Å². The molecule has 0 heterocycles. The molecule has 2 aromatic rings. The summed E-state index contributed by atoms with van der Waals surface area (Å²) in [6.07, 6.45) is 0.870. The molecular weight excluding hydrogens is 242 g/mol. The molecule has 2 heteroatoms. The Morgan fingerprint density at radius 1 is 1.00 bits per heavy atom. The van der Waals surface area contributed by atoms with Gasteiger partial charge in [-0.05, 0) is 24.5 Å². The Bertz CT molecular complexity index is 501. The van der Waals surface area contributed by atoms with Crippen molar-refractivity contribution in [2.75, 3.05) is 0 Å². The molecule has 0 aromatic heterocycles. The Kier molecular flexibility index (Phi) is 4.54. The van der Waals surface area contributed by atoms with Crippen LogP contribution in [0.25, 0.3) is 0 Å². The van der Waals surface area contributed by atoms with E-state index in [9.17, 15) is 0 Å². The van der Waals surface area contributed by atoms with E-state index in [0.717, 1.165) is 6.42 Å². The maximum absolute atomic E-state index is 5.94. The standard InChI is InChI=1S/C16H16ClN/c1-13(17)18-16(15-10-6-3-7-11-15)12-14-8-4-2-5-9-14/h2-11,16H,12H2,1H3. The summed E-state index contributed by atoms with van der Waals surface area (Å²) in [4.78, 5) is 4.52. The van der Waals surface area contributed by atoms with Crippen LogP contribution in [0.2, 0.25) is 0 Å². The van der Waals surface area contributed by atoms with E-state index >= 15 is 0 Å².